The molecule has 0 amide bonds. The Morgan fingerprint density at radius 1 is 1.04 bits per heavy atom. The van der Waals surface area contributed by atoms with Gasteiger partial charge in [-0.3, -0.25) is 4.79 Å². The van der Waals surface area contributed by atoms with Crippen molar-refractivity contribution in [2.75, 3.05) is 5.75 Å². The normalized spacial score (nSPS) is 12.0. The van der Waals surface area contributed by atoms with Crippen LogP contribution in [0.5, 0.6) is 11.5 Å². The van der Waals surface area contributed by atoms with E-state index in [1.807, 2.05) is 18.2 Å². The third-order valence-electron chi connectivity index (χ3n) is 2.88. The quantitative estimate of drug-likeness (QED) is 0.819. The molecule has 23 heavy (non-hydrogen) atoms. The Labute approximate surface area is 140 Å². The lowest BCUT2D eigenvalue weighted by Crippen LogP contribution is -2.37. The summed E-state index contributed by atoms with van der Waals surface area (Å²) in [4.78, 5) is 10.7. The van der Waals surface area contributed by atoms with Crippen LogP contribution in [0.2, 0.25) is 0 Å². The summed E-state index contributed by atoms with van der Waals surface area (Å²) in [6.07, 6.45) is 0. The molecule has 0 aliphatic rings. The fourth-order valence-electron chi connectivity index (χ4n) is 1.74. The Morgan fingerprint density at radius 3 is 2.09 bits per heavy atom. The van der Waals surface area contributed by atoms with E-state index in [9.17, 15) is 13.2 Å². The summed E-state index contributed by atoms with van der Waals surface area (Å²) in [6, 6.07) is 13.3. The molecule has 0 fully saturated rings. The van der Waals surface area contributed by atoms with Crippen molar-refractivity contribution in [2.24, 2.45) is 5.73 Å². The molecule has 2 aromatic rings. The van der Waals surface area contributed by atoms with Gasteiger partial charge in [0.25, 0.3) is 0 Å². The molecule has 0 saturated carbocycles. The average molecular weight is 358 g/mol. The van der Waals surface area contributed by atoms with Crippen molar-refractivity contribution in [3.63, 3.8) is 0 Å². The highest BCUT2D eigenvalue weighted by Gasteiger charge is 2.23. The van der Waals surface area contributed by atoms with Crippen LogP contribution in [0.3, 0.4) is 0 Å². The second kappa shape index (κ2) is 7.96. The van der Waals surface area contributed by atoms with E-state index in [-0.39, 0.29) is 17.3 Å². The van der Waals surface area contributed by atoms with Crippen molar-refractivity contribution in [1.29, 1.82) is 0 Å². The Kier molecular flexibility index (Phi) is 6.56. The first-order valence-corrected chi connectivity index (χ1v) is 8.08. The van der Waals surface area contributed by atoms with E-state index in [1.165, 1.54) is 24.3 Å². The second-order valence-corrected chi connectivity index (χ2v) is 6.65. The number of hydrogen-bond acceptors (Lipinski definition) is 5. The minimum absolute atomic E-state index is 0. The number of benzene rings is 2. The standard InChI is InChI=1S/C15H15NO5S.ClH/c16-14(15(17)18)10-22(19,20)13-8-6-12(7-9-13)21-11-4-2-1-3-5-11;/h1-9,14H,10,16H2,(H,17,18);1H. The number of carboxylic acids is 1. The van der Waals surface area contributed by atoms with Gasteiger partial charge >= 0.3 is 5.97 Å². The molecule has 2 aromatic carbocycles. The fourth-order valence-corrected chi connectivity index (χ4v) is 3.10. The minimum Gasteiger partial charge on any atom is -0.480 e. The first-order valence-electron chi connectivity index (χ1n) is 6.42. The molecule has 0 aromatic heterocycles. The van der Waals surface area contributed by atoms with Crippen LogP contribution in [0, 0.1) is 0 Å². The van der Waals surface area contributed by atoms with Gasteiger partial charge in [-0.05, 0) is 36.4 Å². The van der Waals surface area contributed by atoms with E-state index >= 15 is 0 Å². The summed E-state index contributed by atoms with van der Waals surface area (Å²) >= 11 is 0. The predicted molar refractivity (Wildman–Crippen MR) is 87.9 cm³/mol. The molecule has 124 valence electrons. The second-order valence-electron chi connectivity index (χ2n) is 4.61. The van der Waals surface area contributed by atoms with Gasteiger partial charge in [-0.2, -0.15) is 0 Å². The molecule has 3 N–H and O–H groups in total. The van der Waals surface area contributed by atoms with Crippen molar-refractivity contribution in [3.05, 3.63) is 54.6 Å². The monoisotopic (exact) mass is 357 g/mol. The minimum atomic E-state index is -3.76. The van der Waals surface area contributed by atoms with Gasteiger partial charge in [0.05, 0.1) is 10.6 Å². The van der Waals surface area contributed by atoms with Gasteiger partial charge in [0.2, 0.25) is 0 Å². The smallest absolute Gasteiger partial charge is 0.321 e. The van der Waals surface area contributed by atoms with Crippen LogP contribution >= 0.6 is 12.4 Å². The number of sulfone groups is 1. The van der Waals surface area contributed by atoms with Crippen LogP contribution in [0.1, 0.15) is 0 Å². The van der Waals surface area contributed by atoms with Crippen LogP contribution in [0.25, 0.3) is 0 Å². The molecule has 0 radical (unpaired) electrons. The zero-order valence-electron chi connectivity index (χ0n) is 12.0. The van der Waals surface area contributed by atoms with Crippen molar-refractivity contribution in [2.45, 2.75) is 10.9 Å². The molecule has 2 rings (SSSR count). The van der Waals surface area contributed by atoms with Crippen LogP contribution in [0.15, 0.2) is 59.5 Å². The van der Waals surface area contributed by atoms with E-state index in [4.69, 9.17) is 15.6 Å². The number of hydrogen-bond donors (Lipinski definition) is 2. The summed E-state index contributed by atoms with van der Waals surface area (Å²) in [6.45, 7) is 0. The van der Waals surface area contributed by atoms with Crippen molar-refractivity contribution < 1.29 is 23.1 Å². The van der Waals surface area contributed by atoms with Crippen LogP contribution in [-0.4, -0.2) is 31.3 Å². The lowest BCUT2D eigenvalue weighted by Gasteiger charge is -2.09. The van der Waals surface area contributed by atoms with Gasteiger partial charge < -0.3 is 15.6 Å². The predicted octanol–water partition coefficient (Wildman–Crippen LogP) is 2.09. The van der Waals surface area contributed by atoms with Gasteiger partial charge in [0.1, 0.15) is 17.5 Å². The topological polar surface area (TPSA) is 107 Å². The van der Waals surface area contributed by atoms with Gasteiger partial charge in [-0.15, -0.1) is 12.4 Å². The van der Waals surface area contributed by atoms with Crippen LogP contribution in [-0.2, 0) is 14.6 Å². The number of carbonyl (C=O) groups is 1. The number of rotatable bonds is 6. The lowest BCUT2D eigenvalue weighted by atomic mass is 10.3. The molecular weight excluding hydrogens is 342 g/mol. The number of halogens is 1. The average Bonchev–Trinajstić information content (AvgIpc) is 2.48. The molecule has 0 spiro atoms. The van der Waals surface area contributed by atoms with Crippen LogP contribution in [0.4, 0.5) is 0 Å². The summed E-state index contributed by atoms with van der Waals surface area (Å²) in [7, 11) is -3.76. The Bertz CT molecular complexity index is 747. The SMILES string of the molecule is Cl.NC(CS(=O)(=O)c1ccc(Oc2ccccc2)cc1)C(=O)O. The molecule has 8 heteroatoms. The maximum absolute atomic E-state index is 12.0. The fraction of sp³-hybridized carbons (Fsp3) is 0.133. The highest BCUT2D eigenvalue weighted by molar-refractivity contribution is 7.91. The third-order valence-corrected chi connectivity index (χ3v) is 4.67. The van der Waals surface area contributed by atoms with Gasteiger partial charge in [-0.25, -0.2) is 8.42 Å². The zero-order valence-corrected chi connectivity index (χ0v) is 13.6. The van der Waals surface area contributed by atoms with Gasteiger partial charge in [0, 0.05) is 0 Å². The van der Waals surface area contributed by atoms with Crippen LogP contribution < -0.4 is 10.5 Å². The summed E-state index contributed by atoms with van der Waals surface area (Å²) in [5.74, 6) is -0.896. The molecule has 0 aliphatic heterocycles. The van der Waals surface area contributed by atoms with Crippen molar-refractivity contribution >= 4 is 28.2 Å². The largest absolute Gasteiger partial charge is 0.480 e. The molecule has 1 atom stereocenters. The van der Waals surface area contributed by atoms with E-state index in [0.29, 0.717) is 11.5 Å². The molecule has 0 heterocycles. The number of aliphatic carboxylic acids is 1. The zero-order chi connectivity index (χ0) is 16.2. The Hall–Kier alpha value is -2.09. The number of nitrogens with two attached hydrogens (primary N) is 1. The first-order chi connectivity index (χ1) is 10.4. The molecular formula is C15H16ClNO5S. The summed E-state index contributed by atoms with van der Waals surface area (Å²) < 4.78 is 29.6. The highest BCUT2D eigenvalue weighted by Crippen LogP contribution is 2.23. The van der Waals surface area contributed by atoms with Crippen molar-refractivity contribution in [1.82, 2.24) is 0 Å². The molecule has 0 bridgehead atoms. The van der Waals surface area contributed by atoms with Gasteiger partial charge in [-0.1, -0.05) is 18.2 Å². The van der Waals surface area contributed by atoms with E-state index in [1.54, 1.807) is 12.1 Å². The van der Waals surface area contributed by atoms with E-state index in [2.05, 4.69) is 0 Å². The lowest BCUT2D eigenvalue weighted by molar-refractivity contribution is -0.137. The molecule has 0 saturated heterocycles. The highest BCUT2D eigenvalue weighted by atomic mass is 35.5. The molecule has 0 aliphatic carbocycles. The maximum Gasteiger partial charge on any atom is 0.321 e. The van der Waals surface area contributed by atoms with E-state index < -0.39 is 27.6 Å². The summed E-state index contributed by atoms with van der Waals surface area (Å²) in [5, 5.41) is 8.69. The number of ether oxygens (including phenoxy) is 1. The maximum atomic E-state index is 12.0. The Morgan fingerprint density at radius 2 is 1.57 bits per heavy atom. The summed E-state index contributed by atoms with van der Waals surface area (Å²) in [5.41, 5.74) is 5.27. The third kappa shape index (κ3) is 5.24. The van der Waals surface area contributed by atoms with Gasteiger partial charge in [0.15, 0.2) is 9.84 Å². The number of para-hydroxylation sites is 1. The number of carboxylic acid groups (broad SMARTS) is 1. The Balaban J connectivity index is 0.00000264. The van der Waals surface area contributed by atoms with Crippen molar-refractivity contribution in [3.8, 4) is 11.5 Å². The first kappa shape index (κ1) is 19.0. The van der Waals surface area contributed by atoms with E-state index in [0.717, 1.165) is 0 Å². The molecule has 6 nitrogen and oxygen atoms in total. The molecule has 1 unspecified atom stereocenters.